The van der Waals surface area contributed by atoms with Crippen molar-refractivity contribution < 1.29 is 14.6 Å². The number of hydrogen-bond acceptors (Lipinski definition) is 4. The lowest BCUT2D eigenvalue weighted by Crippen LogP contribution is -2.10. The molecule has 1 amide bonds. The number of aromatic hydroxyl groups is 1. The van der Waals surface area contributed by atoms with Gasteiger partial charge in [0.25, 0.3) is 0 Å². The second kappa shape index (κ2) is 8.67. The number of nitrogens with zero attached hydrogens (tertiary/aromatic N) is 2. The third-order valence-corrected chi connectivity index (χ3v) is 6.43. The van der Waals surface area contributed by atoms with Crippen molar-refractivity contribution >= 4 is 54.4 Å². The summed E-state index contributed by atoms with van der Waals surface area (Å²) in [4.78, 5) is 15.1. The van der Waals surface area contributed by atoms with Gasteiger partial charge < -0.3 is 14.8 Å². The maximum atomic E-state index is 12.3. The number of rotatable bonds is 5. The molecule has 29 heavy (non-hydrogen) atoms. The van der Waals surface area contributed by atoms with E-state index in [2.05, 4.69) is 60.9 Å². The predicted octanol–water partition coefficient (Wildman–Crippen LogP) is 6.83. The summed E-state index contributed by atoms with van der Waals surface area (Å²) in [6.45, 7) is 7.72. The number of H-pyrrole nitrogens is 1. The Kier molecular flexibility index (Phi) is 6.43. The number of halogens is 2. The second-order valence-electron chi connectivity index (χ2n) is 7.07. The van der Waals surface area contributed by atoms with E-state index in [4.69, 9.17) is 4.74 Å². The average molecular weight is 523 g/mol. The molecule has 2 aromatic carbocycles. The Labute approximate surface area is 185 Å². The number of aromatic nitrogens is 1. The van der Waals surface area contributed by atoms with E-state index in [1.165, 1.54) is 0 Å². The molecule has 3 aromatic rings. The lowest BCUT2D eigenvalue weighted by atomic mass is 10.0. The van der Waals surface area contributed by atoms with Crippen molar-refractivity contribution in [2.45, 2.75) is 33.6 Å². The van der Waals surface area contributed by atoms with Gasteiger partial charge >= 0.3 is 5.91 Å². The molecule has 0 saturated heterocycles. The van der Waals surface area contributed by atoms with E-state index in [9.17, 15) is 9.90 Å². The van der Waals surface area contributed by atoms with Gasteiger partial charge in [-0.25, -0.2) is 0 Å². The highest BCUT2D eigenvalue weighted by Gasteiger charge is 2.18. The Hall–Kier alpha value is -2.19. The topological polar surface area (TPSA) is 87.0 Å². The van der Waals surface area contributed by atoms with E-state index in [1.807, 2.05) is 38.1 Å². The average Bonchev–Trinajstić information content (AvgIpc) is 3.00. The van der Waals surface area contributed by atoms with Gasteiger partial charge in [-0.05, 0) is 58.5 Å². The SMILES string of the molecule is Cc1c(Br)cc(C(C)C)c(OCC(=O)N=Nc2c(O)[nH]c3c(C)cccc23)c1Br. The van der Waals surface area contributed by atoms with Gasteiger partial charge in [0.05, 0.1) is 9.99 Å². The summed E-state index contributed by atoms with van der Waals surface area (Å²) in [6, 6.07) is 7.58. The minimum Gasteiger partial charge on any atom is -0.493 e. The zero-order chi connectivity index (χ0) is 21.3. The van der Waals surface area contributed by atoms with Crippen molar-refractivity contribution in [2.75, 3.05) is 6.61 Å². The van der Waals surface area contributed by atoms with Crippen LogP contribution in [0, 0.1) is 13.8 Å². The Morgan fingerprint density at radius 1 is 1.28 bits per heavy atom. The number of carbonyl (C=O) groups excluding carboxylic acids is 1. The highest BCUT2D eigenvalue weighted by molar-refractivity contribution is 9.11. The molecule has 0 radical (unpaired) electrons. The van der Waals surface area contributed by atoms with Gasteiger partial charge in [0.1, 0.15) is 5.75 Å². The number of fused-ring (bicyclic) bond motifs is 1. The molecule has 0 unspecified atom stereocenters. The highest BCUT2D eigenvalue weighted by Crippen LogP contribution is 2.40. The third-order valence-electron chi connectivity index (χ3n) is 4.65. The molecule has 2 N–H and O–H groups in total. The molecule has 1 aromatic heterocycles. The minimum absolute atomic E-state index is 0.125. The van der Waals surface area contributed by atoms with E-state index in [-0.39, 0.29) is 24.1 Å². The maximum Gasteiger partial charge on any atom is 0.302 e. The Bertz CT molecular complexity index is 1120. The molecule has 3 rings (SSSR count). The minimum atomic E-state index is -0.548. The Morgan fingerprint density at radius 3 is 2.69 bits per heavy atom. The van der Waals surface area contributed by atoms with Gasteiger partial charge in [-0.15, -0.1) is 10.2 Å². The number of aryl methyl sites for hydroxylation is 1. The van der Waals surface area contributed by atoms with Crippen LogP contribution in [0.15, 0.2) is 43.4 Å². The molecule has 0 aliphatic carbocycles. The zero-order valence-electron chi connectivity index (χ0n) is 16.5. The van der Waals surface area contributed by atoms with Gasteiger partial charge in [0.2, 0.25) is 5.88 Å². The molecule has 152 valence electrons. The standard InChI is InChI=1S/C21H21Br2N3O3/c1-10(2)14-8-15(22)12(4)17(23)20(14)29-9-16(27)25-26-19-13-7-5-6-11(3)18(13)24-21(19)28/h5-8,10,24,28H,9H2,1-4H3. The van der Waals surface area contributed by atoms with Crippen LogP contribution in [0.3, 0.4) is 0 Å². The molecular weight excluding hydrogens is 502 g/mol. The van der Waals surface area contributed by atoms with Crippen LogP contribution in [0.4, 0.5) is 5.69 Å². The summed E-state index contributed by atoms with van der Waals surface area (Å²) < 4.78 is 7.56. The van der Waals surface area contributed by atoms with Gasteiger partial charge in [0.15, 0.2) is 12.3 Å². The van der Waals surface area contributed by atoms with Crippen LogP contribution >= 0.6 is 31.9 Å². The van der Waals surface area contributed by atoms with Crippen LogP contribution in [0.2, 0.25) is 0 Å². The molecule has 0 aliphatic heterocycles. The normalized spacial score (nSPS) is 11.7. The van der Waals surface area contributed by atoms with Gasteiger partial charge in [-0.1, -0.05) is 48.0 Å². The molecular formula is C21H21Br2N3O3. The fourth-order valence-electron chi connectivity index (χ4n) is 2.99. The number of amides is 1. The number of azo groups is 1. The number of benzene rings is 2. The largest absolute Gasteiger partial charge is 0.493 e. The van der Waals surface area contributed by atoms with Crippen LogP contribution in [-0.4, -0.2) is 22.6 Å². The molecule has 0 saturated carbocycles. The Balaban J connectivity index is 1.81. The summed E-state index contributed by atoms with van der Waals surface area (Å²) in [5.41, 5.74) is 3.92. The van der Waals surface area contributed by atoms with Crippen LogP contribution in [0.25, 0.3) is 10.9 Å². The smallest absolute Gasteiger partial charge is 0.302 e. The zero-order valence-corrected chi connectivity index (χ0v) is 19.7. The Morgan fingerprint density at radius 2 is 2.00 bits per heavy atom. The summed E-state index contributed by atoms with van der Waals surface area (Å²) in [5.74, 6) is 0.157. The first kappa shape index (κ1) is 21.5. The van der Waals surface area contributed by atoms with Crippen molar-refractivity contribution in [3.63, 3.8) is 0 Å². The number of hydrogen-bond donors (Lipinski definition) is 2. The number of ether oxygens (including phenoxy) is 1. The second-order valence-corrected chi connectivity index (χ2v) is 8.72. The van der Waals surface area contributed by atoms with Gasteiger partial charge in [0, 0.05) is 9.86 Å². The van der Waals surface area contributed by atoms with Gasteiger partial charge in [-0.3, -0.25) is 4.79 Å². The van der Waals surface area contributed by atoms with E-state index in [0.29, 0.717) is 11.1 Å². The molecule has 0 bridgehead atoms. The van der Waals surface area contributed by atoms with Crippen molar-refractivity contribution in [1.82, 2.24) is 4.98 Å². The first-order valence-electron chi connectivity index (χ1n) is 9.06. The maximum absolute atomic E-state index is 12.3. The van der Waals surface area contributed by atoms with Crippen molar-refractivity contribution in [3.8, 4) is 11.6 Å². The molecule has 0 spiro atoms. The number of aromatic amines is 1. The van der Waals surface area contributed by atoms with Crippen LogP contribution in [-0.2, 0) is 4.79 Å². The summed E-state index contributed by atoms with van der Waals surface area (Å²) in [6.07, 6.45) is 0. The molecule has 0 aliphatic rings. The van der Waals surface area contributed by atoms with Gasteiger partial charge in [-0.2, -0.15) is 0 Å². The quantitative estimate of drug-likeness (QED) is 0.360. The van der Waals surface area contributed by atoms with Crippen molar-refractivity contribution in [1.29, 1.82) is 0 Å². The highest BCUT2D eigenvalue weighted by atomic mass is 79.9. The molecule has 0 fully saturated rings. The molecule has 1 heterocycles. The molecule has 0 atom stereocenters. The molecule has 6 nitrogen and oxygen atoms in total. The molecule has 8 heteroatoms. The predicted molar refractivity (Wildman–Crippen MR) is 120 cm³/mol. The summed E-state index contributed by atoms with van der Waals surface area (Å²) in [7, 11) is 0. The fourth-order valence-corrected chi connectivity index (χ4v) is 4.26. The van der Waals surface area contributed by atoms with Crippen LogP contribution < -0.4 is 4.74 Å². The lowest BCUT2D eigenvalue weighted by molar-refractivity contribution is -0.120. The lowest BCUT2D eigenvalue weighted by Gasteiger charge is -2.17. The van der Waals surface area contributed by atoms with Crippen LogP contribution in [0.1, 0.15) is 36.5 Å². The van der Waals surface area contributed by atoms with E-state index in [1.54, 1.807) is 0 Å². The van der Waals surface area contributed by atoms with Crippen molar-refractivity contribution in [3.05, 3.63) is 49.9 Å². The van der Waals surface area contributed by atoms with Crippen molar-refractivity contribution in [2.24, 2.45) is 10.2 Å². The van der Waals surface area contributed by atoms with E-state index >= 15 is 0 Å². The monoisotopic (exact) mass is 521 g/mol. The first-order chi connectivity index (χ1) is 13.7. The number of carbonyl (C=O) groups is 1. The third kappa shape index (κ3) is 4.38. The number of para-hydroxylation sites is 1. The number of nitrogens with one attached hydrogen (secondary N) is 1. The van der Waals surface area contributed by atoms with Crippen LogP contribution in [0.5, 0.6) is 11.6 Å². The summed E-state index contributed by atoms with van der Waals surface area (Å²) >= 11 is 7.10. The summed E-state index contributed by atoms with van der Waals surface area (Å²) in [5, 5.41) is 18.5. The van der Waals surface area contributed by atoms with E-state index in [0.717, 1.165) is 31.2 Å². The van der Waals surface area contributed by atoms with E-state index < -0.39 is 5.91 Å². The first-order valence-corrected chi connectivity index (χ1v) is 10.7. The fraction of sp³-hybridized carbons (Fsp3) is 0.286.